The van der Waals surface area contributed by atoms with Gasteiger partial charge in [0.25, 0.3) is 0 Å². The Balaban J connectivity index is 1.45. The van der Waals surface area contributed by atoms with Crippen molar-refractivity contribution in [1.82, 2.24) is 5.32 Å². The van der Waals surface area contributed by atoms with Crippen molar-refractivity contribution in [2.24, 2.45) is 0 Å². The van der Waals surface area contributed by atoms with Crippen molar-refractivity contribution in [3.05, 3.63) is 100 Å². The van der Waals surface area contributed by atoms with Crippen molar-refractivity contribution >= 4 is 11.8 Å². The number of ether oxygens (including phenoxy) is 5. The molecule has 2 N–H and O–H groups in total. The average Bonchev–Trinajstić information content (AvgIpc) is 3.02. The van der Waals surface area contributed by atoms with Crippen LogP contribution < -0.4 is 24.3 Å². The minimum atomic E-state index is -0.741. The van der Waals surface area contributed by atoms with Gasteiger partial charge in [0.1, 0.15) is 19.0 Å². The van der Waals surface area contributed by atoms with Crippen LogP contribution in [0.5, 0.6) is 28.7 Å². The second kappa shape index (κ2) is 12.9. The molecule has 0 saturated heterocycles. The third-order valence-electron chi connectivity index (χ3n) is 7.79. The van der Waals surface area contributed by atoms with Crippen LogP contribution in [0.2, 0.25) is 0 Å². The third-order valence-corrected chi connectivity index (χ3v) is 7.79. The van der Waals surface area contributed by atoms with Crippen molar-refractivity contribution < 1.29 is 38.4 Å². The Labute approximate surface area is 250 Å². The van der Waals surface area contributed by atoms with Gasteiger partial charge in [0, 0.05) is 29.3 Å². The number of nitrogens with one attached hydrogen (secondary N) is 1. The number of esters is 1. The molecule has 0 bridgehead atoms. The average molecular weight is 586 g/mol. The molecule has 0 amide bonds. The smallest absolute Gasteiger partial charge is 0.336 e. The molecule has 0 spiro atoms. The standard InChI is InChI=1S/C34H35NO8/c1-20-31(34(38)43-15-14-42-24-8-6-5-7-9-24)32(22-11-12-28(39-2)26(36)17-22)33-25(35-20)16-23(18-27(33)37)21-10-13-29(40-3)30(19-21)41-4/h5-13,17,19,23,32,35-36H,14-16,18H2,1-4H3/t23-,32+/m0/s1. The van der Waals surface area contributed by atoms with E-state index in [9.17, 15) is 14.7 Å². The van der Waals surface area contributed by atoms with Crippen LogP contribution in [-0.4, -0.2) is 51.4 Å². The normalized spacial score (nSPS) is 18.0. The molecule has 0 fully saturated rings. The Kier molecular flexibility index (Phi) is 8.90. The van der Waals surface area contributed by atoms with Gasteiger partial charge in [-0.2, -0.15) is 0 Å². The molecule has 0 aromatic heterocycles. The van der Waals surface area contributed by atoms with E-state index < -0.39 is 11.9 Å². The number of phenolic OH excluding ortho intramolecular Hbond substituents is 1. The molecule has 1 aliphatic heterocycles. The molecule has 2 aliphatic rings. The molecule has 3 aromatic rings. The first-order chi connectivity index (χ1) is 20.8. The number of rotatable bonds is 10. The Morgan fingerprint density at radius 3 is 2.26 bits per heavy atom. The van der Waals surface area contributed by atoms with Gasteiger partial charge in [-0.3, -0.25) is 4.79 Å². The highest BCUT2D eigenvalue weighted by atomic mass is 16.6. The lowest BCUT2D eigenvalue weighted by Gasteiger charge is -2.37. The molecule has 0 unspecified atom stereocenters. The quantitative estimate of drug-likeness (QED) is 0.239. The zero-order valence-corrected chi connectivity index (χ0v) is 24.6. The van der Waals surface area contributed by atoms with E-state index in [1.54, 1.807) is 33.3 Å². The summed E-state index contributed by atoms with van der Waals surface area (Å²) in [6.07, 6.45) is 0.778. The maximum absolute atomic E-state index is 13.9. The molecule has 43 heavy (non-hydrogen) atoms. The molecular weight excluding hydrogens is 550 g/mol. The lowest BCUT2D eigenvalue weighted by Crippen LogP contribution is -2.36. The summed E-state index contributed by atoms with van der Waals surface area (Å²) in [7, 11) is 4.62. The van der Waals surface area contributed by atoms with E-state index in [1.165, 1.54) is 13.2 Å². The number of dihydropyridines is 1. The zero-order valence-electron chi connectivity index (χ0n) is 24.6. The van der Waals surface area contributed by atoms with Crippen molar-refractivity contribution in [1.29, 1.82) is 0 Å². The summed E-state index contributed by atoms with van der Waals surface area (Å²) in [6, 6.07) is 19.8. The number of benzene rings is 3. The summed E-state index contributed by atoms with van der Waals surface area (Å²) >= 11 is 0. The summed E-state index contributed by atoms with van der Waals surface area (Å²) in [6.45, 7) is 1.98. The van der Waals surface area contributed by atoms with Crippen LogP contribution in [-0.2, 0) is 14.3 Å². The second-order valence-corrected chi connectivity index (χ2v) is 10.4. The summed E-state index contributed by atoms with van der Waals surface area (Å²) < 4.78 is 27.4. The van der Waals surface area contributed by atoms with E-state index in [2.05, 4.69) is 5.32 Å². The monoisotopic (exact) mass is 585 g/mol. The predicted octanol–water partition coefficient (Wildman–Crippen LogP) is 5.40. The number of ketones is 1. The predicted molar refractivity (Wildman–Crippen MR) is 160 cm³/mol. The molecular formula is C34H35NO8. The Morgan fingerprint density at radius 1 is 0.860 bits per heavy atom. The number of Topliss-reactive ketones (excluding diaryl/α,β-unsaturated/α-hetero) is 1. The minimum Gasteiger partial charge on any atom is -0.504 e. The fourth-order valence-corrected chi connectivity index (χ4v) is 5.76. The van der Waals surface area contributed by atoms with E-state index in [0.717, 1.165) is 11.3 Å². The highest BCUT2D eigenvalue weighted by Gasteiger charge is 2.41. The number of hydrogen-bond acceptors (Lipinski definition) is 9. The van der Waals surface area contributed by atoms with Gasteiger partial charge in [-0.15, -0.1) is 0 Å². The molecule has 0 saturated carbocycles. The fraction of sp³-hybridized carbons (Fsp3) is 0.294. The Hall–Kier alpha value is -4.92. The molecule has 9 nitrogen and oxygen atoms in total. The molecule has 9 heteroatoms. The summed E-state index contributed by atoms with van der Waals surface area (Å²) in [5, 5.41) is 14.0. The van der Waals surface area contributed by atoms with Gasteiger partial charge in [-0.05, 0) is 66.8 Å². The molecule has 5 rings (SSSR count). The number of para-hydroxylation sites is 1. The highest BCUT2D eigenvalue weighted by molar-refractivity contribution is 6.04. The molecule has 1 aliphatic carbocycles. The van der Waals surface area contributed by atoms with Crippen molar-refractivity contribution in [2.75, 3.05) is 34.5 Å². The lowest BCUT2D eigenvalue weighted by atomic mass is 9.71. The number of allylic oxidation sites excluding steroid dienone is 3. The first kappa shape index (κ1) is 29.6. The van der Waals surface area contributed by atoms with Crippen LogP contribution >= 0.6 is 0 Å². The van der Waals surface area contributed by atoms with Crippen LogP contribution in [0, 0.1) is 0 Å². The maximum atomic E-state index is 13.9. The molecule has 0 radical (unpaired) electrons. The largest absolute Gasteiger partial charge is 0.504 e. The van der Waals surface area contributed by atoms with Gasteiger partial charge in [0.2, 0.25) is 0 Å². The number of aromatic hydroxyl groups is 1. The number of hydrogen-bond donors (Lipinski definition) is 2. The molecule has 3 aromatic carbocycles. The van der Waals surface area contributed by atoms with E-state index in [0.29, 0.717) is 51.8 Å². The van der Waals surface area contributed by atoms with E-state index in [-0.39, 0.29) is 37.1 Å². The summed E-state index contributed by atoms with van der Waals surface area (Å²) in [5.41, 5.74) is 3.63. The minimum absolute atomic E-state index is 0.0202. The van der Waals surface area contributed by atoms with Gasteiger partial charge in [-0.1, -0.05) is 30.3 Å². The zero-order chi connectivity index (χ0) is 30.5. The van der Waals surface area contributed by atoms with Crippen molar-refractivity contribution in [3.8, 4) is 28.7 Å². The van der Waals surface area contributed by atoms with Crippen LogP contribution in [0.25, 0.3) is 0 Å². The van der Waals surface area contributed by atoms with E-state index in [1.807, 2.05) is 48.5 Å². The fourth-order valence-electron chi connectivity index (χ4n) is 5.76. The highest BCUT2D eigenvalue weighted by Crippen LogP contribution is 2.47. The number of phenols is 1. The number of carbonyl (C=O) groups excluding carboxylic acids is 2. The molecule has 224 valence electrons. The maximum Gasteiger partial charge on any atom is 0.336 e. The van der Waals surface area contributed by atoms with E-state index >= 15 is 0 Å². The third kappa shape index (κ3) is 6.16. The Morgan fingerprint density at radius 2 is 1.56 bits per heavy atom. The molecule has 2 atom stereocenters. The van der Waals surface area contributed by atoms with Crippen LogP contribution in [0.1, 0.15) is 42.7 Å². The first-order valence-electron chi connectivity index (χ1n) is 14.0. The van der Waals surface area contributed by atoms with Crippen LogP contribution in [0.15, 0.2) is 89.3 Å². The number of methoxy groups -OCH3 is 3. The SMILES string of the molecule is COc1ccc([C@@H]2C(C(=O)OCCOc3ccccc3)=C(C)NC3=C2C(=O)C[C@@H](c2ccc(OC)c(OC)c2)C3)cc1O. The van der Waals surface area contributed by atoms with Crippen LogP contribution in [0.4, 0.5) is 0 Å². The first-order valence-corrected chi connectivity index (χ1v) is 14.0. The van der Waals surface area contributed by atoms with Gasteiger partial charge in [0.15, 0.2) is 28.8 Å². The lowest BCUT2D eigenvalue weighted by molar-refractivity contribution is -0.140. The summed E-state index contributed by atoms with van der Waals surface area (Å²) in [5.74, 6) is 0.558. The van der Waals surface area contributed by atoms with Crippen molar-refractivity contribution in [2.45, 2.75) is 31.6 Å². The van der Waals surface area contributed by atoms with Gasteiger partial charge >= 0.3 is 5.97 Å². The summed E-state index contributed by atoms with van der Waals surface area (Å²) in [4.78, 5) is 27.5. The Bertz CT molecular complexity index is 1580. The van der Waals surface area contributed by atoms with Crippen LogP contribution in [0.3, 0.4) is 0 Å². The second-order valence-electron chi connectivity index (χ2n) is 10.4. The van der Waals surface area contributed by atoms with E-state index in [4.69, 9.17) is 23.7 Å². The number of carbonyl (C=O) groups is 2. The van der Waals surface area contributed by atoms with Gasteiger partial charge < -0.3 is 34.1 Å². The van der Waals surface area contributed by atoms with Gasteiger partial charge in [-0.25, -0.2) is 4.79 Å². The van der Waals surface area contributed by atoms with Gasteiger partial charge in [0.05, 0.1) is 26.9 Å². The van der Waals surface area contributed by atoms with Crippen molar-refractivity contribution in [3.63, 3.8) is 0 Å². The molecule has 1 heterocycles. The topological polar surface area (TPSA) is 113 Å².